The number of fused-ring (bicyclic) bond motifs is 3. The molecule has 0 spiro atoms. The molecule has 1 aromatic heterocycles. The lowest BCUT2D eigenvalue weighted by molar-refractivity contribution is 0.103. The normalized spacial score (nSPS) is 12.1. The van der Waals surface area contributed by atoms with Crippen LogP contribution in [-0.4, -0.2) is 5.91 Å². The molecule has 2 aromatic carbocycles. The number of aryl methyl sites for hydroxylation is 2. The molecular weight excluding hydrogens is 398 g/mol. The highest BCUT2D eigenvalue weighted by atomic mass is 79.9. The van der Waals surface area contributed by atoms with E-state index in [1.165, 1.54) is 11.3 Å². The van der Waals surface area contributed by atoms with Gasteiger partial charge in [-0.3, -0.25) is 4.79 Å². The van der Waals surface area contributed by atoms with E-state index >= 15 is 0 Å². The summed E-state index contributed by atoms with van der Waals surface area (Å²) >= 11 is 5.03. The summed E-state index contributed by atoms with van der Waals surface area (Å²) < 4.78 is 6.72. The van der Waals surface area contributed by atoms with Gasteiger partial charge in [-0.25, -0.2) is 0 Å². The van der Waals surface area contributed by atoms with E-state index in [2.05, 4.69) is 34.2 Å². The first kappa shape index (κ1) is 16.4. The first-order valence-electron chi connectivity index (χ1n) is 7.96. The van der Waals surface area contributed by atoms with Crippen LogP contribution >= 0.6 is 27.3 Å². The Hall–Kier alpha value is -2.11. The molecule has 2 heterocycles. The highest BCUT2D eigenvalue weighted by molar-refractivity contribution is 9.10. The van der Waals surface area contributed by atoms with E-state index in [9.17, 15) is 4.79 Å². The molecular formula is C20H16BrNO2S. The van der Waals surface area contributed by atoms with Gasteiger partial charge in [0, 0.05) is 20.5 Å². The van der Waals surface area contributed by atoms with Gasteiger partial charge in [-0.15, -0.1) is 11.3 Å². The van der Waals surface area contributed by atoms with E-state index in [1.807, 2.05) is 43.3 Å². The summed E-state index contributed by atoms with van der Waals surface area (Å²) in [6.45, 7) is 4.59. The van der Waals surface area contributed by atoms with Gasteiger partial charge in [-0.05, 0) is 65.2 Å². The Morgan fingerprint density at radius 2 is 2.04 bits per heavy atom. The second-order valence-corrected chi connectivity index (χ2v) is 8.05. The van der Waals surface area contributed by atoms with Gasteiger partial charge in [0.1, 0.15) is 12.4 Å². The minimum Gasteiger partial charge on any atom is -0.488 e. The van der Waals surface area contributed by atoms with E-state index in [-0.39, 0.29) is 5.91 Å². The molecule has 1 N–H and O–H groups in total. The average molecular weight is 414 g/mol. The predicted octanol–water partition coefficient (Wildman–Crippen LogP) is 5.94. The number of anilines is 1. The monoisotopic (exact) mass is 413 g/mol. The van der Waals surface area contributed by atoms with Crippen LogP contribution in [0.3, 0.4) is 0 Å². The molecule has 3 nitrogen and oxygen atoms in total. The number of hydrogen-bond acceptors (Lipinski definition) is 3. The number of benzene rings is 2. The number of carbonyl (C=O) groups is 1. The van der Waals surface area contributed by atoms with Crippen molar-refractivity contribution in [2.75, 3.05) is 5.32 Å². The average Bonchev–Trinajstić information content (AvgIpc) is 3.02. The van der Waals surface area contributed by atoms with Crippen molar-refractivity contribution < 1.29 is 9.53 Å². The van der Waals surface area contributed by atoms with Crippen molar-refractivity contribution in [3.05, 3.63) is 68.5 Å². The van der Waals surface area contributed by atoms with Crippen LogP contribution in [0.2, 0.25) is 0 Å². The Kier molecular flexibility index (Phi) is 4.13. The fraction of sp³-hybridized carbons (Fsp3) is 0.150. The molecule has 0 fully saturated rings. The number of thiophene rings is 1. The zero-order valence-corrected chi connectivity index (χ0v) is 16.3. The molecule has 0 atom stereocenters. The van der Waals surface area contributed by atoms with Gasteiger partial charge in [-0.1, -0.05) is 18.2 Å². The summed E-state index contributed by atoms with van der Waals surface area (Å²) in [5.41, 5.74) is 5.24. The number of hydrogen-bond donors (Lipinski definition) is 1. The van der Waals surface area contributed by atoms with Crippen molar-refractivity contribution in [1.29, 1.82) is 0 Å². The molecule has 0 saturated heterocycles. The first-order chi connectivity index (χ1) is 12.0. The van der Waals surface area contributed by atoms with E-state index in [4.69, 9.17) is 4.74 Å². The molecule has 1 aliphatic heterocycles. The molecule has 4 rings (SSSR count). The molecule has 5 heteroatoms. The Balaban J connectivity index is 1.67. The summed E-state index contributed by atoms with van der Waals surface area (Å²) in [4.78, 5) is 14.5. The lowest BCUT2D eigenvalue weighted by Gasteiger charge is -2.19. The van der Waals surface area contributed by atoms with Crippen molar-refractivity contribution in [1.82, 2.24) is 0 Å². The predicted molar refractivity (Wildman–Crippen MR) is 106 cm³/mol. The van der Waals surface area contributed by atoms with E-state index in [0.717, 1.165) is 43.0 Å². The Morgan fingerprint density at radius 3 is 2.84 bits per heavy atom. The number of rotatable bonds is 2. The van der Waals surface area contributed by atoms with Crippen molar-refractivity contribution >= 4 is 38.9 Å². The second-order valence-electron chi connectivity index (χ2n) is 6.14. The molecule has 0 aliphatic carbocycles. The molecule has 1 amide bonds. The third-order valence-electron chi connectivity index (χ3n) is 4.25. The van der Waals surface area contributed by atoms with Gasteiger partial charge in [0.25, 0.3) is 5.91 Å². The SMILES string of the molecule is Cc1ccc(NC(=O)c2cc3c(s2)-c2c(C)cccc2OC3)c(Br)c1. The van der Waals surface area contributed by atoms with E-state index in [0.29, 0.717) is 11.5 Å². The quantitative estimate of drug-likeness (QED) is 0.564. The van der Waals surface area contributed by atoms with E-state index < -0.39 is 0 Å². The number of amides is 1. The van der Waals surface area contributed by atoms with Crippen LogP contribution in [0.15, 0.2) is 46.9 Å². The smallest absolute Gasteiger partial charge is 0.265 e. The van der Waals surface area contributed by atoms with Gasteiger partial charge in [0.15, 0.2) is 0 Å². The lowest BCUT2D eigenvalue weighted by atomic mass is 10.0. The number of halogens is 1. The summed E-state index contributed by atoms with van der Waals surface area (Å²) in [5, 5.41) is 2.99. The Labute approximate surface area is 158 Å². The second kappa shape index (κ2) is 6.32. The lowest BCUT2D eigenvalue weighted by Crippen LogP contribution is -2.10. The Morgan fingerprint density at radius 1 is 1.20 bits per heavy atom. The molecule has 25 heavy (non-hydrogen) atoms. The summed E-state index contributed by atoms with van der Waals surface area (Å²) in [6.07, 6.45) is 0. The van der Waals surface area contributed by atoms with Crippen molar-refractivity contribution in [3.63, 3.8) is 0 Å². The maximum atomic E-state index is 12.7. The number of nitrogens with one attached hydrogen (secondary N) is 1. The highest BCUT2D eigenvalue weighted by Crippen LogP contribution is 2.44. The molecule has 3 aromatic rings. The van der Waals surface area contributed by atoms with Gasteiger partial charge < -0.3 is 10.1 Å². The van der Waals surface area contributed by atoms with Gasteiger partial charge in [0.05, 0.1) is 10.6 Å². The number of ether oxygens (including phenoxy) is 1. The molecule has 0 unspecified atom stereocenters. The molecule has 1 aliphatic rings. The highest BCUT2D eigenvalue weighted by Gasteiger charge is 2.24. The van der Waals surface area contributed by atoms with E-state index in [1.54, 1.807) is 0 Å². The summed E-state index contributed by atoms with van der Waals surface area (Å²) in [6, 6.07) is 13.9. The fourth-order valence-corrected chi connectivity index (χ4v) is 4.74. The van der Waals surface area contributed by atoms with Crippen LogP contribution in [0.1, 0.15) is 26.4 Å². The first-order valence-corrected chi connectivity index (χ1v) is 9.57. The third kappa shape index (κ3) is 2.98. The molecule has 0 radical (unpaired) electrons. The number of carbonyl (C=O) groups excluding carboxylic acids is 1. The van der Waals surface area contributed by atoms with Crippen LogP contribution in [0, 0.1) is 13.8 Å². The molecule has 0 bridgehead atoms. The maximum absolute atomic E-state index is 12.7. The minimum absolute atomic E-state index is 0.0981. The van der Waals surface area contributed by atoms with Crippen molar-refractivity contribution in [3.8, 4) is 16.2 Å². The van der Waals surface area contributed by atoms with Gasteiger partial charge in [0.2, 0.25) is 0 Å². The molecule has 0 saturated carbocycles. The minimum atomic E-state index is -0.0981. The van der Waals surface area contributed by atoms with Crippen LogP contribution in [0.25, 0.3) is 10.4 Å². The van der Waals surface area contributed by atoms with Gasteiger partial charge in [-0.2, -0.15) is 0 Å². The van der Waals surface area contributed by atoms with Crippen LogP contribution in [0.5, 0.6) is 5.75 Å². The topological polar surface area (TPSA) is 38.3 Å². The zero-order chi connectivity index (χ0) is 17.6. The van der Waals surface area contributed by atoms with Crippen molar-refractivity contribution in [2.24, 2.45) is 0 Å². The largest absolute Gasteiger partial charge is 0.488 e. The zero-order valence-electron chi connectivity index (χ0n) is 13.9. The van der Waals surface area contributed by atoms with Crippen LogP contribution in [-0.2, 0) is 6.61 Å². The molecule has 126 valence electrons. The van der Waals surface area contributed by atoms with Gasteiger partial charge >= 0.3 is 0 Å². The van der Waals surface area contributed by atoms with Crippen LogP contribution in [0.4, 0.5) is 5.69 Å². The fourth-order valence-electron chi connectivity index (χ4n) is 2.97. The van der Waals surface area contributed by atoms with Crippen LogP contribution < -0.4 is 10.1 Å². The standard InChI is InChI=1S/C20H16BrNO2S/c1-11-6-7-15(14(21)8-11)22-20(23)17-9-13-10-24-16-5-3-4-12(2)18(16)19(13)25-17/h3-9H,10H2,1-2H3,(H,22,23). The third-order valence-corrected chi connectivity index (χ3v) is 6.10. The maximum Gasteiger partial charge on any atom is 0.265 e. The Bertz CT molecular complexity index is 993. The summed E-state index contributed by atoms with van der Waals surface area (Å²) in [5.74, 6) is 0.793. The van der Waals surface area contributed by atoms with Crippen molar-refractivity contribution in [2.45, 2.75) is 20.5 Å². The summed E-state index contributed by atoms with van der Waals surface area (Å²) in [7, 11) is 0.